The number of hydrogen-bond acceptors (Lipinski definition) is 5. The molecule has 0 saturated heterocycles. The highest BCUT2D eigenvalue weighted by Gasteiger charge is 2.14. The zero-order valence-electron chi connectivity index (χ0n) is 11.7. The summed E-state index contributed by atoms with van der Waals surface area (Å²) in [4.78, 5) is 8.42. The van der Waals surface area contributed by atoms with Crippen molar-refractivity contribution in [1.82, 2.24) is 15.3 Å². The van der Waals surface area contributed by atoms with E-state index in [-0.39, 0.29) is 0 Å². The molecule has 1 aromatic heterocycles. The zero-order valence-corrected chi connectivity index (χ0v) is 11.7. The Balaban J connectivity index is 1.96. The molecule has 3 rings (SSSR count). The summed E-state index contributed by atoms with van der Waals surface area (Å²) in [5.74, 6) is 1.40. The molecule has 0 amide bonds. The van der Waals surface area contributed by atoms with E-state index in [0.717, 1.165) is 36.6 Å². The van der Waals surface area contributed by atoms with Gasteiger partial charge >= 0.3 is 0 Å². The number of nitrogens with zero attached hydrogens (tertiary/aromatic N) is 2. The van der Waals surface area contributed by atoms with Crippen molar-refractivity contribution in [2.24, 2.45) is 0 Å². The van der Waals surface area contributed by atoms with Gasteiger partial charge in [0.1, 0.15) is 12.1 Å². The van der Waals surface area contributed by atoms with Crippen molar-refractivity contribution < 1.29 is 4.74 Å². The molecular weight excluding hydrogens is 252 g/mol. The van der Waals surface area contributed by atoms with Crippen molar-refractivity contribution in [3.63, 3.8) is 0 Å². The molecule has 0 fully saturated rings. The third-order valence-corrected chi connectivity index (χ3v) is 3.62. The Morgan fingerprint density at radius 2 is 2.20 bits per heavy atom. The van der Waals surface area contributed by atoms with Crippen LogP contribution in [0.4, 0.5) is 11.5 Å². The van der Waals surface area contributed by atoms with Crippen molar-refractivity contribution >= 4 is 11.5 Å². The maximum atomic E-state index is 5.23. The number of anilines is 2. The van der Waals surface area contributed by atoms with Crippen LogP contribution in [0.3, 0.4) is 0 Å². The fourth-order valence-corrected chi connectivity index (χ4v) is 2.54. The van der Waals surface area contributed by atoms with Crippen LogP contribution in [0, 0.1) is 6.92 Å². The standard InChI is InChI=1S/C15H18N4O/c1-10-14(17-9-18-15(10)20-2)19-13-5-3-4-11-8-16-7-6-12(11)13/h3-5,9,16H,6-8H2,1-2H3,(H,17,18,19). The summed E-state index contributed by atoms with van der Waals surface area (Å²) in [6.07, 6.45) is 2.55. The summed E-state index contributed by atoms with van der Waals surface area (Å²) >= 11 is 0. The Bertz CT molecular complexity index is 627. The summed E-state index contributed by atoms with van der Waals surface area (Å²) in [5, 5.41) is 6.80. The smallest absolute Gasteiger partial charge is 0.221 e. The second-order valence-corrected chi connectivity index (χ2v) is 4.85. The number of methoxy groups -OCH3 is 1. The largest absolute Gasteiger partial charge is 0.481 e. The highest BCUT2D eigenvalue weighted by molar-refractivity contribution is 5.65. The molecule has 0 radical (unpaired) electrons. The van der Waals surface area contributed by atoms with E-state index < -0.39 is 0 Å². The van der Waals surface area contributed by atoms with Gasteiger partial charge in [0, 0.05) is 12.2 Å². The Morgan fingerprint density at radius 1 is 1.30 bits per heavy atom. The quantitative estimate of drug-likeness (QED) is 0.895. The molecule has 0 aliphatic carbocycles. The molecule has 0 bridgehead atoms. The van der Waals surface area contributed by atoms with Crippen LogP contribution in [-0.4, -0.2) is 23.6 Å². The van der Waals surface area contributed by atoms with Gasteiger partial charge in [-0.2, -0.15) is 0 Å². The second kappa shape index (κ2) is 5.46. The van der Waals surface area contributed by atoms with Gasteiger partial charge in [-0.1, -0.05) is 12.1 Å². The van der Waals surface area contributed by atoms with E-state index in [9.17, 15) is 0 Å². The molecule has 5 nitrogen and oxygen atoms in total. The zero-order chi connectivity index (χ0) is 13.9. The fourth-order valence-electron chi connectivity index (χ4n) is 2.54. The van der Waals surface area contributed by atoms with E-state index in [1.54, 1.807) is 7.11 Å². The minimum Gasteiger partial charge on any atom is -0.481 e. The first-order valence-electron chi connectivity index (χ1n) is 6.73. The number of hydrogen-bond donors (Lipinski definition) is 2. The van der Waals surface area contributed by atoms with Crippen LogP contribution in [0.15, 0.2) is 24.5 Å². The number of benzene rings is 1. The molecule has 104 valence electrons. The van der Waals surface area contributed by atoms with Crippen molar-refractivity contribution in [1.29, 1.82) is 0 Å². The van der Waals surface area contributed by atoms with Gasteiger partial charge in [-0.15, -0.1) is 0 Å². The molecule has 5 heteroatoms. The van der Waals surface area contributed by atoms with Crippen molar-refractivity contribution in [3.05, 3.63) is 41.2 Å². The first-order chi connectivity index (χ1) is 9.79. The number of ether oxygens (including phenoxy) is 1. The predicted octanol–water partition coefficient (Wildman–Crippen LogP) is 2.18. The van der Waals surface area contributed by atoms with E-state index in [0.29, 0.717) is 5.88 Å². The summed E-state index contributed by atoms with van der Waals surface area (Å²) in [6.45, 7) is 3.90. The van der Waals surface area contributed by atoms with E-state index in [2.05, 4.69) is 38.8 Å². The van der Waals surface area contributed by atoms with Gasteiger partial charge in [-0.25, -0.2) is 9.97 Å². The number of rotatable bonds is 3. The van der Waals surface area contributed by atoms with Gasteiger partial charge in [-0.3, -0.25) is 0 Å². The van der Waals surface area contributed by atoms with Gasteiger partial charge in [0.2, 0.25) is 5.88 Å². The lowest BCUT2D eigenvalue weighted by molar-refractivity contribution is 0.394. The Hall–Kier alpha value is -2.14. The summed E-state index contributed by atoms with van der Waals surface area (Å²) < 4.78 is 5.23. The van der Waals surface area contributed by atoms with E-state index in [1.165, 1.54) is 17.5 Å². The number of aromatic nitrogens is 2. The van der Waals surface area contributed by atoms with Crippen LogP contribution < -0.4 is 15.4 Å². The predicted molar refractivity (Wildman–Crippen MR) is 78.5 cm³/mol. The minimum absolute atomic E-state index is 0.606. The van der Waals surface area contributed by atoms with Crippen LogP contribution in [0.25, 0.3) is 0 Å². The number of nitrogens with one attached hydrogen (secondary N) is 2. The van der Waals surface area contributed by atoms with Gasteiger partial charge in [0.25, 0.3) is 0 Å². The Labute approximate surface area is 118 Å². The lowest BCUT2D eigenvalue weighted by Gasteiger charge is -2.21. The topological polar surface area (TPSA) is 59.1 Å². The molecule has 2 aromatic rings. The second-order valence-electron chi connectivity index (χ2n) is 4.85. The maximum absolute atomic E-state index is 5.23. The minimum atomic E-state index is 0.606. The normalized spacial score (nSPS) is 13.7. The van der Waals surface area contributed by atoms with Crippen LogP contribution in [0.1, 0.15) is 16.7 Å². The number of fused-ring (bicyclic) bond motifs is 1. The summed E-state index contributed by atoms with van der Waals surface area (Å²) in [7, 11) is 1.62. The molecule has 0 saturated carbocycles. The van der Waals surface area contributed by atoms with E-state index in [1.807, 2.05) is 6.92 Å². The molecule has 1 aliphatic rings. The third-order valence-electron chi connectivity index (χ3n) is 3.62. The van der Waals surface area contributed by atoms with Crippen molar-refractivity contribution in [3.8, 4) is 5.88 Å². The van der Waals surface area contributed by atoms with Gasteiger partial charge in [-0.05, 0) is 37.1 Å². The van der Waals surface area contributed by atoms with Crippen LogP contribution >= 0.6 is 0 Å². The molecule has 0 spiro atoms. The first-order valence-corrected chi connectivity index (χ1v) is 6.73. The molecule has 0 unspecified atom stereocenters. The van der Waals surface area contributed by atoms with Crippen LogP contribution in [-0.2, 0) is 13.0 Å². The Kier molecular flexibility index (Phi) is 3.52. The summed E-state index contributed by atoms with van der Waals surface area (Å²) in [5.41, 5.74) is 4.75. The van der Waals surface area contributed by atoms with Gasteiger partial charge < -0.3 is 15.4 Å². The van der Waals surface area contributed by atoms with Crippen molar-refractivity contribution in [2.75, 3.05) is 19.0 Å². The molecule has 2 N–H and O–H groups in total. The van der Waals surface area contributed by atoms with Crippen molar-refractivity contribution in [2.45, 2.75) is 19.9 Å². The molecule has 0 atom stereocenters. The highest BCUT2D eigenvalue weighted by Crippen LogP contribution is 2.28. The van der Waals surface area contributed by atoms with Crippen LogP contribution in [0.5, 0.6) is 5.88 Å². The van der Waals surface area contributed by atoms with Gasteiger partial charge in [0.05, 0.1) is 12.7 Å². The van der Waals surface area contributed by atoms with Crippen LogP contribution in [0.2, 0.25) is 0 Å². The van der Waals surface area contributed by atoms with E-state index in [4.69, 9.17) is 4.74 Å². The first kappa shape index (κ1) is 12.9. The SMILES string of the molecule is COc1ncnc(Nc2cccc3c2CCNC3)c1C. The Morgan fingerprint density at radius 3 is 3.05 bits per heavy atom. The van der Waals surface area contributed by atoms with Gasteiger partial charge in [0.15, 0.2) is 0 Å². The maximum Gasteiger partial charge on any atom is 0.221 e. The average Bonchev–Trinajstić information content (AvgIpc) is 2.50. The molecule has 2 heterocycles. The molecule has 1 aliphatic heterocycles. The third kappa shape index (κ3) is 2.32. The lowest BCUT2D eigenvalue weighted by atomic mass is 9.99. The molecular formula is C15H18N4O. The average molecular weight is 270 g/mol. The molecule has 1 aromatic carbocycles. The lowest BCUT2D eigenvalue weighted by Crippen LogP contribution is -2.24. The molecule has 20 heavy (non-hydrogen) atoms. The monoisotopic (exact) mass is 270 g/mol. The highest BCUT2D eigenvalue weighted by atomic mass is 16.5. The summed E-state index contributed by atoms with van der Waals surface area (Å²) in [6, 6.07) is 6.33. The fraction of sp³-hybridized carbons (Fsp3) is 0.333. The van der Waals surface area contributed by atoms with E-state index >= 15 is 0 Å².